The van der Waals surface area contributed by atoms with E-state index < -0.39 is 27.8 Å². The fourth-order valence-electron chi connectivity index (χ4n) is 2.12. The normalized spacial score (nSPS) is 12.6. The molecule has 0 aliphatic carbocycles. The Balaban J connectivity index is 2.18. The van der Waals surface area contributed by atoms with Gasteiger partial charge in [0.2, 0.25) is 15.9 Å². The zero-order valence-electron chi connectivity index (χ0n) is 13.6. The Kier molecular flexibility index (Phi) is 6.98. The van der Waals surface area contributed by atoms with Gasteiger partial charge < -0.3 is 5.32 Å². The van der Waals surface area contributed by atoms with Crippen LogP contribution in [0.1, 0.15) is 6.42 Å². The van der Waals surface area contributed by atoms with Gasteiger partial charge in [-0.25, -0.2) is 12.8 Å². The van der Waals surface area contributed by atoms with Gasteiger partial charge in [-0.3, -0.25) is 4.79 Å². The molecule has 0 spiro atoms. The number of hydrogen-bond donors (Lipinski definition) is 2. The highest BCUT2D eigenvalue weighted by atomic mass is 32.2. The summed E-state index contributed by atoms with van der Waals surface area (Å²) in [5, 5.41) is 2.44. The Bertz CT molecular complexity index is 814. The van der Waals surface area contributed by atoms with Crippen LogP contribution in [-0.4, -0.2) is 32.4 Å². The van der Waals surface area contributed by atoms with Crippen molar-refractivity contribution in [3.63, 3.8) is 0 Å². The van der Waals surface area contributed by atoms with E-state index in [4.69, 9.17) is 0 Å². The summed E-state index contributed by atoms with van der Waals surface area (Å²) in [5.74, 6) is -0.601. The summed E-state index contributed by atoms with van der Waals surface area (Å²) in [5.41, 5.74) is 0.0144. The molecule has 0 aromatic heterocycles. The van der Waals surface area contributed by atoms with Crippen LogP contribution in [0.3, 0.4) is 0 Å². The number of nitrogens with one attached hydrogen (secondary N) is 2. The van der Waals surface area contributed by atoms with E-state index in [1.807, 2.05) is 6.26 Å². The highest BCUT2D eigenvalue weighted by Crippen LogP contribution is 2.15. The SMILES string of the molecule is CSCCC(NS(=O)(=O)c1ccccc1)C(=O)Nc1ccccc1F. The molecule has 2 rings (SSSR count). The Morgan fingerprint density at radius 1 is 1.12 bits per heavy atom. The zero-order valence-corrected chi connectivity index (χ0v) is 15.2. The minimum atomic E-state index is -3.85. The Morgan fingerprint density at radius 2 is 1.76 bits per heavy atom. The number of carbonyl (C=O) groups is 1. The van der Waals surface area contributed by atoms with E-state index in [9.17, 15) is 17.6 Å². The van der Waals surface area contributed by atoms with Gasteiger partial charge in [-0.05, 0) is 42.7 Å². The van der Waals surface area contributed by atoms with Crippen LogP contribution in [0.2, 0.25) is 0 Å². The van der Waals surface area contributed by atoms with Gasteiger partial charge in [-0.15, -0.1) is 0 Å². The lowest BCUT2D eigenvalue weighted by molar-refractivity contribution is -0.117. The summed E-state index contributed by atoms with van der Waals surface area (Å²) < 4.78 is 41.0. The molecule has 2 aromatic rings. The van der Waals surface area contributed by atoms with E-state index in [1.165, 1.54) is 42.1 Å². The second kappa shape index (κ2) is 8.98. The number of amides is 1. The quantitative estimate of drug-likeness (QED) is 0.736. The summed E-state index contributed by atoms with van der Waals surface area (Å²) in [7, 11) is -3.85. The lowest BCUT2D eigenvalue weighted by Crippen LogP contribution is -2.44. The van der Waals surface area contributed by atoms with E-state index in [-0.39, 0.29) is 17.0 Å². The lowest BCUT2D eigenvalue weighted by Gasteiger charge is -2.18. The molecule has 5 nitrogen and oxygen atoms in total. The number of carbonyl (C=O) groups excluding carboxylic acids is 1. The van der Waals surface area contributed by atoms with Crippen molar-refractivity contribution in [1.82, 2.24) is 4.72 Å². The van der Waals surface area contributed by atoms with Gasteiger partial charge in [-0.1, -0.05) is 30.3 Å². The van der Waals surface area contributed by atoms with Crippen molar-refractivity contribution in [3.8, 4) is 0 Å². The van der Waals surface area contributed by atoms with Gasteiger partial charge in [0.1, 0.15) is 11.9 Å². The van der Waals surface area contributed by atoms with Crippen LogP contribution >= 0.6 is 11.8 Å². The highest BCUT2D eigenvalue weighted by Gasteiger charge is 2.25. The first kappa shape index (κ1) is 19.4. The Morgan fingerprint density at radius 3 is 2.40 bits per heavy atom. The number of sulfonamides is 1. The number of hydrogen-bond acceptors (Lipinski definition) is 4. The molecule has 0 aliphatic rings. The first-order valence-electron chi connectivity index (χ1n) is 7.56. The predicted molar refractivity (Wildman–Crippen MR) is 98.6 cm³/mol. The second-order valence-electron chi connectivity index (χ2n) is 5.24. The molecule has 0 heterocycles. The van der Waals surface area contributed by atoms with Crippen LogP contribution in [0.15, 0.2) is 59.5 Å². The lowest BCUT2D eigenvalue weighted by atomic mass is 10.2. The van der Waals surface area contributed by atoms with Crippen molar-refractivity contribution in [2.24, 2.45) is 0 Å². The van der Waals surface area contributed by atoms with Crippen molar-refractivity contribution in [2.75, 3.05) is 17.3 Å². The third-order valence-corrected chi connectivity index (χ3v) is 5.54. The average molecular weight is 382 g/mol. The van der Waals surface area contributed by atoms with Crippen LogP contribution in [0, 0.1) is 5.82 Å². The number of para-hydroxylation sites is 1. The molecule has 0 fully saturated rings. The number of rotatable bonds is 8. The standard InChI is InChI=1S/C17H19FN2O3S2/c1-24-12-11-16(17(21)19-15-10-6-5-9-14(15)18)20-25(22,23)13-7-3-2-4-8-13/h2-10,16,20H,11-12H2,1H3,(H,19,21). The zero-order chi connectivity index (χ0) is 18.3. The van der Waals surface area contributed by atoms with Crippen LogP contribution < -0.4 is 10.0 Å². The Hall–Kier alpha value is -1.90. The van der Waals surface area contributed by atoms with Crippen LogP contribution in [0.25, 0.3) is 0 Å². The molecule has 1 atom stereocenters. The van der Waals surface area contributed by atoms with Gasteiger partial charge in [0.05, 0.1) is 10.6 Å². The maximum Gasteiger partial charge on any atom is 0.242 e. The van der Waals surface area contributed by atoms with Gasteiger partial charge in [0, 0.05) is 0 Å². The molecule has 0 saturated heterocycles. The summed E-state index contributed by atoms with van der Waals surface area (Å²) in [6.45, 7) is 0. The maximum absolute atomic E-state index is 13.7. The molecule has 1 unspecified atom stereocenters. The molecule has 134 valence electrons. The molecule has 8 heteroatoms. The van der Waals surface area contributed by atoms with Crippen LogP contribution in [0.4, 0.5) is 10.1 Å². The van der Waals surface area contributed by atoms with Crippen molar-refractivity contribution < 1.29 is 17.6 Å². The third kappa shape index (κ3) is 5.55. The van der Waals surface area contributed by atoms with Crippen LogP contribution in [0.5, 0.6) is 0 Å². The number of thioether (sulfide) groups is 1. The smallest absolute Gasteiger partial charge is 0.242 e. The largest absolute Gasteiger partial charge is 0.322 e. The molecule has 0 aliphatic heterocycles. The van der Waals surface area contributed by atoms with Crippen molar-refractivity contribution in [3.05, 3.63) is 60.4 Å². The fraction of sp³-hybridized carbons (Fsp3) is 0.235. The van der Waals surface area contributed by atoms with Crippen molar-refractivity contribution in [2.45, 2.75) is 17.4 Å². The van der Waals surface area contributed by atoms with Crippen LogP contribution in [-0.2, 0) is 14.8 Å². The van der Waals surface area contributed by atoms with Gasteiger partial charge in [0.25, 0.3) is 0 Å². The minimum absolute atomic E-state index is 0.0144. The second-order valence-corrected chi connectivity index (χ2v) is 7.94. The van der Waals surface area contributed by atoms with Crippen molar-refractivity contribution in [1.29, 1.82) is 0 Å². The molecule has 2 aromatic carbocycles. The maximum atomic E-state index is 13.7. The molecule has 2 N–H and O–H groups in total. The summed E-state index contributed by atoms with van der Waals surface area (Å²) >= 11 is 1.49. The molecule has 0 bridgehead atoms. The Labute approximate surface area is 151 Å². The van der Waals surface area contributed by atoms with E-state index in [0.29, 0.717) is 5.75 Å². The van der Waals surface area contributed by atoms with Gasteiger partial charge in [-0.2, -0.15) is 16.5 Å². The molecular weight excluding hydrogens is 363 g/mol. The molecule has 0 saturated carbocycles. The van der Waals surface area contributed by atoms with Crippen molar-refractivity contribution >= 4 is 33.4 Å². The topological polar surface area (TPSA) is 75.3 Å². The minimum Gasteiger partial charge on any atom is -0.322 e. The molecular formula is C17H19FN2O3S2. The van der Waals surface area contributed by atoms with E-state index in [1.54, 1.807) is 24.3 Å². The third-order valence-electron chi connectivity index (χ3n) is 3.41. The summed E-state index contributed by atoms with van der Waals surface area (Å²) in [6, 6.07) is 12.5. The average Bonchev–Trinajstić information content (AvgIpc) is 2.61. The van der Waals surface area contributed by atoms with E-state index in [2.05, 4.69) is 10.0 Å². The predicted octanol–water partition coefficient (Wildman–Crippen LogP) is 2.86. The molecule has 25 heavy (non-hydrogen) atoms. The summed E-state index contributed by atoms with van der Waals surface area (Å²) in [4.78, 5) is 12.5. The van der Waals surface area contributed by atoms with Gasteiger partial charge in [0.15, 0.2) is 0 Å². The van der Waals surface area contributed by atoms with Gasteiger partial charge >= 0.3 is 0 Å². The fourth-order valence-corrected chi connectivity index (χ4v) is 3.84. The first-order chi connectivity index (χ1) is 11.9. The number of halogens is 1. The molecule has 0 radical (unpaired) electrons. The highest BCUT2D eigenvalue weighted by molar-refractivity contribution is 7.98. The van der Waals surface area contributed by atoms with E-state index in [0.717, 1.165) is 0 Å². The number of anilines is 1. The van der Waals surface area contributed by atoms with E-state index >= 15 is 0 Å². The molecule has 1 amide bonds. The summed E-state index contributed by atoms with van der Waals surface area (Å²) in [6.07, 6.45) is 2.14. The number of benzene rings is 2. The first-order valence-corrected chi connectivity index (χ1v) is 10.4. The monoisotopic (exact) mass is 382 g/mol.